The molecule has 0 spiro atoms. The minimum absolute atomic E-state index is 0.0290. The Hall–Kier alpha value is -2.74. The quantitative estimate of drug-likeness (QED) is 0.642. The number of piperidine rings is 1. The average Bonchev–Trinajstić information content (AvgIpc) is 3.25. The number of benzene rings is 1. The molecule has 4 rings (SSSR count). The van der Waals surface area contributed by atoms with Gasteiger partial charge in [-0.2, -0.15) is 5.10 Å². The molecule has 8 heteroatoms. The van der Waals surface area contributed by atoms with E-state index in [1.165, 1.54) is 0 Å². The second-order valence-corrected chi connectivity index (χ2v) is 9.50. The number of fused-ring (bicyclic) bond motifs is 1. The molecule has 0 radical (unpaired) electrons. The number of nitrogens with zero attached hydrogens (tertiary/aromatic N) is 4. The first-order valence-corrected chi connectivity index (χ1v) is 11.7. The summed E-state index contributed by atoms with van der Waals surface area (Å²) in [7, 11) is 0. The second kappa shape index (κ2) is 8.78. The highest BCUT2D eigenvalue weighted by Crippen LogP contribution is 2.27. The lowest BCUT2D eigenvalue weighted by Gasteiger charge is -2.32. The van der Waals surface area contributed by atoms with Gasteiger partial charge in [-0.1, -0.05) is 0 Å². The number of amides is 2. The number of likely N-dealkylation sites (tertiary alicyclic amines) is 1. The zero-order valence-corrected chi connectivity index (χ0v) is 19.4. The predicted molar refractivity (Wildman–Crippen MR) is 124 cm³/mol. The SMILES string of the molecule is CCn1nc(C)c(C(=O)N2CCC(CC(=O)Nc3ccc4nc(C)sc4c3)CC2)c1C. The van der Waals surface area contributed by atoms with Crippen LogP contribution in [0.15, 0.2) is 18.2 Å². The molecule has 1 fully saturated rings. The number of thiazole rings is 1. The predicted octanol–water partition coefficient (Wildman–Crippen LogP) is 4.32. The van der Waals surface area contributed by atoms with E-state index in [1.807, 2.05) is 55.5 Å². The molecule has 3 heterocycles. The molecule has 2 aromatic heterocycles. The number of nitrogens with one attached hydrogen (secondary N) is 1. The normalized spacial score (nSPS) is 14.9. The van der Waals surface area contributed by atoms with E-state index in [0.717, 1.165) is 57.2 Å². The van der Waals surface area contributed by atoms with Gasteiger partial charge in [0.05, 0.1) is 26.5 Å². The van der Waals surface area contributed by atoms with Crippen molar-refractivity contribution in [1.82, 2.24) is 19.7 Å². The van der Waals surface area contributed by atoms with Crippen LogP contribution in [0.3, 0.4) is 0 Å². The number of carbonyl (C=O) groups excluding carboxylic acids is 2. The van der Waals surface area contributed by atoms with Gasteiger partial charge in [0, 0.05) is 37.4 Å². The molecule has 0 atom stereocenters. The zero-order valence-electron chi connectivity index (χ0n) is 18.6. The maximum Gasteiger partial charge on any atom is 0.257 e. The van der Waals surface area contributed by atoms with Gasteiger partial charge in [0.2, 0.25) is 5.91 Å². The second-order valence-electron chi connectivity index (χ2n) is 8.26. The van der Waals surface area contributed by atoms with Gasteiger partial charge >= 0.3 is 0 Å². The maximum absolute atomic E-state index is 13.0. The fourth-order valence-corrected chi connectivity index (χ4v) is 5.27. The summed E-state index contributed by atoms with van der Waals surface area (Å²) < 4.78 is 2.96. The number of carbonyl (C=O) groups is 2. The minimum Gasteiger partial charge on any atom is -0.339 e. The molecule has 0 bridgehead atoms. The molecule has 0 unspecified atom stereocenters. The van der Waals surface area contributed by atoms with E-state index < -0.39 is 0 Å². The molecular weight excluding hydrogens is 410 g/mol. The molecule has 1 saturated heterocycles. The number of aryl methyl sites for hydroxylation is 3. The summed E-state index contributed by atoms with van der Waals surface area (Å²) in [6, 6.07) is 5.84. The molecule has 0 saturated carbocycles. The summed E-state index contributed by atoms with van der Waals surface area (Å²) in [5.74, 6) is 0.381. The number of hydrogen-bond acceptors (Lipinski definition) is 5. The topological polar surface area (TPSA) is 80.1 Å². The Kier molecular flexibility index (Phi) is 6.09. The van der Waals surface area contributed by atoms with Gasteiger partial charge in [-0.15, -0.1) is 11.3 Å². The highest BCUT2D eigenvalue weighted by atomic mass is 32.1. The van der Waals surface area contributed by atoms with Crippen LogP contribution in [-0.4, -0.2) is 44.6 Å². The summed E-state index contributed by atoms with van der Waals surface area (Å²) in [6.07, 6.45) is 2.16. The molecule has 164 valence electrons. The molecule has 0 aliphatic carbocycles. The molecule has 7 nitrogen and oxygen atoms in total. The van der Waals surface area contributed by atoms with Crippen LogP contribution in [0.4, 0.5) is 5.69 Å². The fourth-order valence-electron chi connectivity index (χ4n) is 4.40. The smallest absolute Gasteiger partial charge is 0.257 e. The molecule has 2 amide bonds. The molecular formula is C23H29N5O2S. The lowest BCUT2D eigenvalue weighted by atomic mass is 9.92. The first-order valence-electron chi connectivity index (χ1n) is 10.9. The van der Waals surface area contributed by atoms with Crippen LogP contribution in [0.5, 0.6) is 0 Å². The van der Waals surface area contributed by atoms with Crippen molar-refractivity contribution in [3.05, 3.63) is 40.2 Å². The van der Waals surface area contributed by atoms with E-state index in [9.17, 15) is 9.59 Å². The largest absolute Gasteiger partial charge is 0.339 e. The lowest BCUT2D eigenvalue weighted by Crippen LogP contribution is -2.39. The van der Waals surface area contributed by atoms with Crippen LogP contribution in [0.1, 0.15) is 52.9 Å². The van der Waals surface area contributed by atoms with Crippen LogP contribution in [0.2, 0.25) is 0 Å². The summed E-state index contributed by atoms with van der Waals surface area (Å²) in [6.45, 7) is 9.98. The lowest BCUT2D eigenvalue weighted by molar-refractivity contribution is -0.117. The Balaban J connectivity index is 1.31. The monoisotopic (exact) mass is 439 g/mol. The van der Waals surface area contributed by atoms with Gasteiger partial charge in [0.15, 0.2) is 0 Å². The third-order valence-electron chi connectivity index (χ3n) is 6.05. The van der Waals surface area contributed by atoms with Crippen molar-refractivity contribution >= 4 is 39.1 Å². The van der Waals surface area contributed by atoms with Gasteiger partial charge < -0.3 is 10.2 Å². The number of rotatable bonds is 5. The van der Waals surface area contributed by atoms with E-state index >= 15 is 0 Å². The van der Waals surface area contributed by atoms with E-state index in [1.54, 1.807) is 11.3 Å². The van der Waals surface area contributed by atoms with E-state index in [0.29, 0.717) is 25.4 Å². The third kappa shape index (κ3) is 4.49. The number of aromatic nitrogens is 3. The summed E-state index contributed by atoms with van der Waals surface area (Å²) in [4.78, 5) is 32.0. The van der Waals surface area contributed by atoms with Crippen molar-refractivity contribution in [2.24, 2.45) is 5.92 Å². The van der Waals surface area contributed by atoms with Crippen molar-refractivity contribution in [1.29, 1.82) is 0 Å². The van der Waals surface area contributed by atoms with E-state index in [2.05, 4.69) is 15.4 Å². The average molecular weight is 440 g/mol. The molecule has 3 aromatic rings. The minimum atomic E-state index is 0.0290. The first kappa shape index (κ1) is 21.5. The highest BCUT2D eigenvalue weighted by molar-refractivity contribution is 7.18. The van der Waals surface area contributed by atoms with Crippen molar-refractivity contribution in [3.63, 3.8) is 0 Å². The highest BCUT2D eigenvalue weighted by Gasteiger charge is 2.28. The van der Waals surface area contributed by atoms with E-state index in [-0.39, 0.29) is 11.8 Å². The van der Waals surface area contributed by atoms with Crippen molar-refractivity contribution in [2.75, 3.05) is 18.4 Å². The summed E-state index contributed by atoms with van der Waals surface area (Å²) in [5.41, 5.74) is 4.23. The molecule has 1 aliphatic heterocycles. The van der Waals surface area contributed by atoms with Crippen LogP contribution in [-0.2, 0) is 11.3 Å². The van der Waals surface area contributed by atoms with Gasteiger partial charge in [-0.05, 0) is 64.7 Å². The Labute approximate surface area is 186 Å². The Morgan fingerprint density at radius 2 is 1.94 bits per heavy atom. The number of hydrogen-bond donors (Lipinski definition) is 1. The molecule has 1 aromatic carbocycles. The first-order chi connectivity index (χ1) is 14.9. The van der Waals surface area contributed by atoms with Crippen LogP contribution in [0.25, 0.3) is 10.2 Å². The Bertz CT molecular complexity index is 1120. The summed E-state index contributed by atoms with van der Waals surface area (Å²) >= 11 is 1.63. The third-order valence-corrected chi connectivity index (χ3v) is 6.98. The summed E-state index contributed by atoms with van der Waals surface area (Å²) in [5, 5.41) is 8.52. The Morgan fingerprint density at radius 3 is 2.61 bits per heavy atom. The Morgan fingerprint density at radius 1 is 1.19 bits per heavy atom. The number of anilines is 1. The van der Waals surface area contributed by atoms with Crippen LogP contribution in [0, 0.1) is 26.7 Å². The zero-order chi connectivity index (χ0) is 22.1. The van der Waals surface area contributed by atoms with E-state index in [4.69, 9.17) is 0 Å². The molecule has 31 heavy (non-hydrogen) atoms. The van der Waals surface area contributed by atoms with Crippen molar-refractivity contribution in [2.45, 2.75) is 53.5 Å². The fraction of sp³-hybridized carbons (Fsp3) is 0.478. The van der Waals surface area contributed by atoms with Gasteiger partial charge in [-0.25, -0.2) is 4.98 Å². The molecule has 1 aliphatic rings. The van der Waals surface area contributed by atoms with Gasteiger partial charge in [-0.3, -0.25) is 14.3 Å². The van der Waals surface area contributed by atoms with Crippen LogP contribution >= 0.6 is 11.3 Å². The maximum atomic E-state index is 13.0. The van der Waals surface area contributed by atoms with Crippen molar-refractivity contribution in [3.8, 4) is 0 Å². The van der Waals surface area contributed by atoms with Gasteiger partial charge in [0.1, 0.15) is 0 Å². The van der Waals surface area contributed by atoms with Gasteiger partial charge in [0.25, 0.3) is 5.91 Å². The standard InChI is InChI=1S/C23H29N5O2S/c1-5-28-15(3)22(14(2)26-28)23(30)27-10-8-17(9-11-27)12-21(29)25-18-6-7-19-20(13-18)31-16(4)24-19/h6-7,13,17H,5,8-12H2,1-4H3,(H,25,29). The van der Waals surface area contributed by atoms with Crippen molar-refractivity contribution < 1.29 is 9.59 Å². The van der Waals surface area contributed by atoms with Crippen LogP contribution < -0.4 is 5.32 Å². The molecule has 1 N–H and O–H groups in total.